The number of benzene rings is 1. The van der Waals surface area contributed by atoms with Crippen molar-refractivity contribution in [1.29, 1.82) is 0 Å². The van der Waals surface area contributed by atoms with E-state index in [1.165, 1.54) is 0 Å². The van der Waals surface area contributed by atoms with Crippen molar-refractivity contribution in [3.63, 3.8) is 0 Å². The zero-order valence-electron chi connectivity index (χ0n) is 12.6. The van der Waals surface area contributed by atoms with Crippen LogP contribution in [-0.4, -0.2) is 42.3 Å². The maximum atomic E-state index is 11.6. The molecule has 0 aliphatic carbocycles. The fourth-order valence-corrected chi connectivity index (χ4v) is 2.54. The van der Waals surface area contributed by atoms with E-state index in [4.69, 9.17) is 9.84 Å². The van der Waals surface area contributed by atoms with Gasteiger partial charge in [-0.2, -0.15) is 11.8 Å². The van der Waals surface area contributed by atoms with Crippen LogP contribution < -0.4 is 10.1 Å². The largest absolute Gasteiger partial charge is 0.493 e. The zero-order chi connectivity index (χ0) is 15.3. The van der Waals surface area contributed by atoms with Gasteiger partial charge in [0.25, 0.3) is 0 Å². The quantitative estimate of drug-likeness (QED) is 0.616. The predicted octanol–water partition coefficient (Wildman–Crippen LogP) is 2.39. The molecule has 0 aliphatic heterocycles. The Bertz CT molecular complexity index is 412. The number of ether oxygens (including phenoxy) is 1. The molecule has 0 radical (unpaired) electrons. The van der Waals surface area contributed by atoms with Crippen LogP contribution in [0.1, 0.15) is 24.8 Å². The summed E-state index contributed by atoms with van der Waals surface area (Å²) in [5.41, 5.74) is 1.11. The van der Waals surface area contributed by atoms with Crippen molar-refractivity contribution in [2.24, 2.45) is 0 Å². The maximum Gasteiger partial charge on any atom is 0.220 e. The van der Waals surface area contributed by atoms with Gasteiger partial charge in [-0.05, 0) is 37.1 Å². The number of carbonyl (C=O) groups excluding carboxylic acids is 1. The third-order valence-electron chi connectivity index (χ3n) is 2.91. The van der Waals surface area contributed by atoms with Gasteiger partial charge in [-0.3, -0.25) is 4.79 Å². The Kier molecular flexibility index (Phi) is 9.74. The second-order valence-electron chi connectivity index (χ2n) is 4.76. The van der Waals surface area contributed by atoms with E-state index >= 15 is 0 Å². The molecule has 21 heavy (non-hydrogen) atoms. The topological polar surface area (TPSA) is 58.6 Å². The summed E-state index contributed by atoms with van der Waals surface area (Å²) in [6.45, 7) is 3.49. The number of nitrogens with one attached hydrogen (secondary N) is 1. The van der Waals surface area contributed by atoms with Crippen molar-refractivity contribution in [3.8, 4) is 5.75 Å². The molecule has 0 atom stereocenters. The highest BCUT2D eigenvalue weighted by Crippen LogP contribution is 2.16. The lowest BCUT2D eigenvalue weighted by Crippen LogP contribution is -2.25. The minimum Gasteiger partial charge on any atom is -0.493 e. The first-order chi connectivity index (χ1) is 10.2. The Balaban J connectivity index is 2.00. The number of hydrogen-bond donors (Lipinski definition) is 2. The number of aliphatic hydroxyl groups is 1. The number of carbonyl (C=O) groups is 1. The van der Waals surface area contributed by atoms with Gasteiger partial charge in [0, 0.05) is 25.3 Å². The molecule has 118 valence electrons. The molecule has 1 amide bonds. The fourth-order valence-electron chi connectivity index (χ4n) is 1.75. The van der Waals surface area contributed by atoms with Crippen molar-refractivity contribution in [2.75, 3.05) is 31.3 Å². The third-order valence-corrected chi connectivity index (χ3v) is 3.98. The minimum atomic E-state index is 0.0751. The predicted molar refractivity (Wildman–Crippen MR) is 87.9 cm³/mol. The van der Waals surface area contributed by atoms with Gasteiger partial charge in [0.2, 0.25) is 5.91 Å². The van der Waals surface area contributed by atoms with E-state index in [1.807, 2.05) is 31.2 Å². The lowest BCUT2D eigenvalue weighted by Gasteiger charge is -2.09. The first-order valence-electron chi connectivity index (χ1n) is 7.37. The van der Waals surface area contributed by atoms with Crippen LogP contribution in [-0.2, 0) is 4.79 Å². The number of rotatable bonds is 11. The van der Waals surface area contributed by atoms with E-state index in [0.717, 1.165) is 35.7 Å². The molecule has 5 heteroatoms. The summed E-state index contributed by atoms with van der Waals surface area (Å²) < 4.78 is 5.65. The Morgan fingerprint density at radius 1 is 1.29 bits per heavy atom. The summed E-state index contributed by atoms with van der Waals surface area (Å²) in [5, 5.41) is 11.5. The molecule has 0 heterocycles. The summed E-state index contributed by atoms with van der Waals surface area (Å²) in [5.74, 6) is 2.80. The van der Waals surface area contributed by atoms with Crippen molar-refractivity contribution >= 4 is 17.7 Å². The summed E-state index contributed by atoms with van der Waals surface area (Å²) in [7, 11) is 0. The second kappa shape index (κ2) is 11.5. The van der Waals surface area contributed by atoms with E-state index in [-0.39, 0.29) is 12.5 Å². The molecule has 0 aliphatic rings. The number of para-hydroxylation sites is 1. The standard InChI is InChI=1S/C16H25NO3S/c1-14-6-2-3-7-15(14)20-11-4-8-16(19)17-9-13-21-12-5-10-18/h2-3,6-7,18H,4-5,8-13H2,1H3,(H,17,19). The fraction of sp³-hybridized carbons (Fsp3) is 0.562. The number of aryl methyl sites for hydroxylation is 1. The van der Waals surface area contributed by atoms with Crippen molar-refractivity contribution in [2.45, 2.75) is 26.2 Å². The lowest BCUT2D eigenvalue weighted by molar-refractivity contribution is -0.121. The normalized spacial score (nSPS) is 10.4. The Labute approximate surface area is 131 Å². The van der Waals surface area contributed by atoms with Crippen LogP contribution >= 0.6 is 11.8 Å². The van der Waals surface area contributed by atoms with Gasteiger partial charge >= 0.3 is 0 Å². The van der Waals surface area contributed by atoms with Crippen molar-refractivity contribution in [3.05, 3.63) is 29.8 Å². The highest BCUT2D eigenvalue weighted by molar-refractivity contribution is 7.99. The van der Waals surface area contributed by atoms with Crippen LogP contribution in [0.3, 0.4) is 0 Å². The van der Waals surface area contributed by atoms with E-state index in [2.05, 4.69) is 5.32 Å². The van der Waals surface area contributed by atoms with E-state index in [9.17, 15) is 4.79 Å². The van der Waals surface area contributed by atoms with Gasteiger partial charge in [-0.15, -0.1) is 0 Å². The van der Waals surface area contributed by atoms with E-state index in [0.29, 0.717) is 19.6 Å². The van der Waals surface area contributed by atoms with Crippen LogP contribution in [0.2, 0.25) is 0 Å². The van der Waals surface area contributed by atoms with Gasteiger partial charge in [-0.25, -0.2) is 0 Å². The summed E-state index contributed by atoms with van der Waals surface area (Å²) >= 11 is 1.75. The van der Waals surface area contributed by atoms with Crippen molar-refractivity contribution in [1.82, 2.24) is 5.32 Å². The van der Waals surface area contributed by atoms with Gasteiger partial charge in [-0.1, -0.05) is 18.2 Å². The molecule has 2 N–H and O–H groups in total. The maximum absolute atomic E-state index is 11.6. The molecule has 0 aromatic heterocycles. The molecule has 0 fully saturated rings. The SMILES string of the molecule is Cc1ccccc1OCCCC(=O)NCCSCCCO. The van der Waals surface area contributed by atoms with E-state index in [1.54, 1.807) is 11.8 Å². The van der Waals surface area contributed by atoms with Crippen LogP contribution in [0.4, 0.5) is 0 Å². The molecule has 1 aromatic carbocycles. The van der Waals surface area contributed by atoms with Crippen LogP contribution in [0.25, 0.3) is 0 Å². The Morgan fingerprint density at radius 2 is 2.10 bits per heavy atom. The molecule has 0 saturated heterocycles. The van der Waals surface area contributed by atoms with Crippen LogP contribution in [0, 0.1) is 6.92 Å². The van der Waals surface area contributed by atoms with Gasteiger partial charge in [0.05, 0.1) is 6.61 Å². The van der Waals surface area contributed by atoms with Crippen LogP contribution in [0.5, 0.6) is 5.75 Å². The summed E-state index contributed by atoms with van der Waals surface area (Å²) in [6, 6.07) is 7.88. The molecule has 1 aromatic rings. The molecule has 0 spiro atoms. The van der Waals surface area contributed by atoms with Gasteiger partial charge in [0.1, 0.15) is 5.75 Å². The molecular formula is C16H25NO3S. The summed E-state index contributed by atoms with van der Waals surface area (Å²) in [4.78, 5) is 11.6. The monoisotopic (exact) mass is 311 g/mol. The Hall–Kier alpha value is -1.20. The second-order valence-corrected chi connectivity index (χ2v) is 5.98. The number of thioether (sulfide) groups is 1. The molecule has 0 saturated carbocycles. The van der Waals surface area contributed by atoms with Crippen molar-refractivity contribution < 1.29 is 14.6 Å². The summed E-state index contributed by atoms with van der Waals surface area (Å²) in [6.07, 6.45) is 2.03. The first-order valence-corrected chi connectivity index (χ1v) is 8.53. The number of hydrogen-bond acceptors (Lipinski definition) is 4. The molecular weight excluding hydrogens is 286 g/mol. The molecule has 0 unspecified atom stereocenters. The average molecular weight is 311 g/mol. The highest BCUT2D eigenvalue weighted by atomic mass is 32.2. The number of aliphatic hydroxyl groups excluding tert-OH is 1. The first kappa shape index (κ1) is 17.9. The average Bonchev–Trinajstić information content (AvgIpc) is 2.49. The third kappa shape index (κ3) is 8.63. The van der Waals surface area contributed by atoms with E-state index < -0.39 is 0 Å². The molecule has 1 rings (SSSR count). The Morgan fingerprint density at radius 3 is 2.86 bits per heavy atom. The lowest BCUT2D eigenvalue weighted by atomic mass is 10.2. The van der Waals surface area contributed by atoms with Gasteiger partial charge < -0.3 is 15.2 Å². The molecule has 0 bridgehead atoms. The van der Waals surface area contributed by atoms with Gasteiger partial charge in [0.15, 0.2) is 0 Å². The smallest absolute Gasteiger partial charge is 0.220 e. The minimum absolute atomic E-state index is 0.0751. The zero-order valence-corrected chi connectivity index (χ0v) is 13.5. The van der Waals surface area contributed by atoms with Crippen LogP contribution in [0.15, 0.2) is 24.3 Å². The molecule has 4 nitrogen and oxygen atoms in total. The number of amides is 1. The highest BCUT2D eigenvalue weighted by Gasteiger charge is 2.02.